The molecule has 0 saturated heterocycles. The van der Waals surface area contributed by atoms with E-state index in [0.717, 1.165) is 24.8 Å². The summed E-state index contributed by atoms with van der Waals surface area (Å²) in [5.74, 6) is -0.201. The predicted octanol–water partition coefficient (Wildman–Crippen LogP) is 3.43. The predicted molar refractivity (Wildman–Crippen MR) is 105 cm³/mol. The molecule has 6 nitrogen and oxygen atoms in total. The minimum Gasteiger partial charge on any atom is -0.465 e. The monoisotopic (exact) mass is 411 g/mol. The van der Waals surface area contributed by atoms with E-state index < -0.39 is 15.8 Å². The average molecular weight is 412 g/mol. The number of likely N-dealkylation sites (N-methyl/N-ethyl adjacent to an activating group) is 1. The third-order valence-electron chi connectivity index (χ3n) is 3.84. The summed E-state index contributed by atoms with van der Waals surface area (Å²) in [6.07, 6.45) is 1.93. The average Bonchev–Trinajstić information content (AvgIpc) is 2.59. The highest BCUT2D eigenvalue weighted by molar-refractivity contribution is 7.90. The summed E-state index contributed by atoms with van der Waals surface area (Å²) in [5, 5.41) is 0.0480. The molecule has 0 radical (unpaired) electrons. The zero-order chi connectivity index (χ0) is 20.2. The number of ether oxygens (including phenoxy) is 2. The van der Waals surface area contributed by atoms with Gasteiger partial charge in [-0.2, -0.15) is 0 Å². The molecule has 0 saturated carbocycles. The van der Waals surface area contributed by atoms with Crippen LogP contribution in [0, 0.1) is 0 Å². The summed E-state index contributed by atoms with van der Waals surface area (Å²) in [6.45, 7) is 0.920. The fraction of sp³-hybridized carbons (Fsp3) is 0.316. The van der Waals surface area contributed by atoms with Crippen LogP contribution in [0.2, 0.25) is 5.02 Å². The van der Waals surface area contributed by atoms with E-state index >= 15 is 0 Å². The van der Waals surface area contributed by atoms with Gasteiger partial charge in [-0.3, -0.25) is 0 Å². The lowest BCUT2D eigenvalue weighted by Gasteiger charge is -2.13. The van der Waals surface area contributed by atoms with Gasteiger partial charge in [-0.1, -0.05) is 23.7 Å². The van der Waals surface area contributed by atoms with Gasteiger partial charge in [0.2, 0.25) is 0 Å². The Labute approximate surface area is 164 Å². The summed E-state index contributed by atoms with van der Waals surface area (Å²) in [6, 6.07) is 9.85. The van der Waals surface area contributed by atoms with E-state index in [2.05, 4.69) is 9.64 Å². The number of carbonyl (C=O) groups is 1. The van der Waals surface area contributed by atoms with Crippen LogP contribution in [0.4, 0.5) is 0 Å². The van der Waals surface area contributed by atoms with Crippen molar-refractivity contribution in [2.45, 2.75) is 11.3 Å². The number of benzene rings is 2. The van der Waals surface area contributed by atoms with Gasteiger partial charge in [0.25, 0.3) is 0 Å². The van der Waals surface area contributed by atoms with Gasteiger partial charge >= 0.3 is 5.97 Å². The highest BCUT2D eigenvalue weighted by atomic mass is 35.5. The number of rotatable bonds is 7. The molecule has 0 aliphatic heterocycles. The van der Waals surface area contributed by atoms with Crippen molar-refractivity contribution in [2.24, 2.45) is 0 Å². The largest absolute Gasteiger partial charge is 0.465 e. The first-order valence-corrected chi connectivity index (χ1v) is 10.4. The highest BCUT2D eigenvalue weighted by Crippen LogP contribution is 2.34. The van der Waals surface area contributed by atoms with Crippen molar-refractivity contribution in [3.8, 4) is 11.5 Å². The highest BCUT2D eigenvalue weighted by Gasteiger charge is 2.22. The molecule has 0 heterocycles. The van der Waals surface area contributed by atoms with E-state index in [1.54, 1.807) is 12.1 Å². The Morgan fingerprint density at radius 2 is 1.78 bits per heavy atom. The lowest BCUT2D eigenvalue weighted by atomic mass is 10.1. The summed E-state index contributed by atoms with van der Waals surface area (Å²) in [4.78, 5) is 13.7. The molecule has 0 aliphatic carbocycles. The van der Waals surface area contributed by atoms with Gasteiger partial charge < -0.3 is 14.4 Å². The molecule has 0 spiro atoms. The first-order valence-electron chi connectivity index (χ1n) is 8.15. The van der Waals surface area contributed by atoms with Crippen LogP contribution in [0.25, 0.3) is 0 Å². The Morgan fingerprint density at radius 3 is 2.30 bits per heavy atom. The summed E-state index contributed by atoms with van der Waals surface area (Å²) in [5.41, 5.74) is 1.10. The fourth-order valence-electron chi connectivity index (χ4n) is 2.37. The van der Waals surface area contributed by atoms with E-state index in [4.69, 9.17) is 16.3 Å². The second kappa shape index (κ2) is 8.73. The maximum Gasteiger partial charge on any atom is 0.339 e. The zero-order valence-corrected chi connectivity index (χ0v) is 17.2. The number of carbonyl (C=O) groups excluding carboxylic acids is 1. The number of esters is 1. The van der Waals surface area contributed by atoms with Crippen molar-refractivity contribution < 1.29 is 22.7 Å². The summed E-state index contributed by atoms with van der Waals surface area (Å²) >= 11 is 6.11. The van der Waals surface area contributed by atoms with Gasteiger partial charge in [0, 0.05) is 18.9 Å². The Morgan fingerprint density at radius 1 is 1.15 bits per heavy atom. The van der Waals surface area contributed by atoms with E-state index in [1.807, 2.05) is 26.2 Å². The van der Waals surface area contributed by atoms with E-state index in [1.165, 1.54) is 19.2 Å². The van der Waals surface area contributed by atoms with Crippen molar-refractivity contribution in [3.63, 3.8) is 0 Å². The Balaban J connectivity index is 2.35. The van der Waals surface area contributed by atoms with Crippen LogP contribution in [0.5, 0.6) is 11.5 Å². The molecular formula is C19H22ClNO5S. The van der Waals surface area contributed by atoms with Crippen LogP contribution in [0.15, 0.2) is 41.3 Å². The molecule has 27 heavy (non-hydrogen) atoms. The van der Waals surface area contributed by atoms with E-state index in [0.29, 0.717) is 5.75 Å². The first kappa shape index (κ1) is 21.2. The van der Waals surface area contributed by atoms with Crippen molar-refractivity contribution in [3.05, 3.63) is 52.5 Å². The summed E-state index contributed by atoms with van der Waals surface area (Å²) < 4.78 is 34.7. The lowest BCUT2D eigenvalue weighted by molar-refractivity contribution is 0.0600. The molecule has 2 aromatic rings. The van der Waals surface area contributed by atoms with Crippen LogP contribution in [-0.4, -0.2) is 53.3 Å². The third kappa shape index (κ3) is 5.69. The number of hydrogen-bond donors (Lipinski definition) is 0. The van der Waals surface area contributed by atoms with Gasteiger partial charge in [0.05, 0.1) is 17.7 Å². The van der Waals surface area contributed by atoms with Crippen molar-refractivity contribution in [1.82, 2.24) is 4.90 Å². The van der Waals surface area contributed by atoms with Crippen LogP contribution >= 0.6 is 11.6 Å². The maximum absolute atomic E-state index is 12.1. The smallest absolute Gasteiger partial charge is 0.339 e. The van der Waals surface area contributed by atoms with Crippen molar-refractivity contribution in [2.75, 3.05) is 34.0 Å². The van der Waals surface area contributed by atoms with Gasteiger partial charge in [0.1, 0.15) is 16.4 Å². The second-order valence-electron chi connectivity index (χ2n) is 6.34. The molecule has 0 bridgehead atoms. The molecular weight excluding hydrogens is 390 g/mol. The topological polar surface area (TPSA) is 72.9 Å². The molecule has 8 heteroatoms. The number of methoxy groups -OCH3 is 1. The minimum absolute atomic E-state index is 0.0361. The normalized spacial score (nSPS) is 11.5. The fourth-order valence-corrected chi connectivity index (χ4v) is 3.40. The van der Waals surface area contributed by atoms with Crippen LogP contribution in [0.1, 0.15) is 15.9 Å². The molecule has 0 N–H and O–H groups in total. The van der Waals surface area contributed by atoms with Crippen LogP contribution < -0.4 is 4.74 Å². The molecule has 0 atom stereocenters. The second-order valence-corrected chi connectivity index (χ2v) is 8.73. The summed E-state index contributed by atoms with van der Waals surface area (Å²) in [7, 11) is 1.55. The lowest BCUT2D eigenvalue weighted by Crippen LogP contribution is -2.14. The van der Waals surface area contributed by atoms with Gasteiger partial charge in [0.15, 0.2) is 9.84 Å². The molecule has 2 aromatic carbocycles. The van der Waals surface area contributed by atoms with E-state index in [9.17, 15) is 13.2 Å². The maximum atomic E-state index is 12.1. The molecule has 0 unspecified atom stereocenters. The minimum atomic E-state index is -3.66. The van der Waals surface area contributed by atoms with Crippen LogP contribution in [0.3, 0.4) is 0 Å². The Kier molecular flexibility index (Phi) is 6.86. The van der Waals surface area contributed by atoms with Gasteiger partial charge in [-0.05, 0) is 44.3 Å². The van der Waals surface area contributed by atoms with Gasteiger partial charge in [-0.25, -0.2) is 13.2 Å². The quantitative estimate of drug-likeness (QED) is 0.650. The van der Waals surface area contributed by atoms with Crippen molar-refractivity contribution in [1.29, 1.82) is 0 Å². The molecule has 2 rings (SSSR count). The Bertz CT molecular complexity index is 924. The van der Waals surface area contributed by atoms with Crippen molar-refractivity contribution >= 4 is 27.4 Å². The molecule has 0 fully saturated rings. The molecule has 0 aromatic heterocycles. The number of sulfone groups is 1. The standard InChI is InChI=1S/C19H22ClNO5S/c1-21(2)10-9-13-5-7-14(8-6-13)26-17-12-16(20)15(19(22)25-3)11-18(17)27(4,23)24/h5-8,11-12H,9-10H2,1-4H3. The number of hydrogen-bond acceptors (Lipinski definition) is 6. The van der Waals surface area contributed by atoms with Crippen LogP contribution in [-0.2, 0) is 21.0 Å². The SMILES string of the molecule is COC(=O)c1cc(S(C)(=O)=O)c(Oc2ccc(CCN(C)C)cc2)cc1Cl. The third-order valence-corrected chi connectivity index (χ3v) is 5.27. The number of halogens is 1. The Hall–Kier alpha value is -2.09. The first-order chi connectivity index (χ1) is 12.6. The number of nitrogens with zero attached hydrogens (tertiary/aromatic N) is 1. The van der Waals surface area contributed by atoms with Gasteiger partial charge in [-0.15, -0.1) is 0 Å². The molecule has 0 amide bonds. The molecule has 0 aliphatic rings. The van der Waals surface area contributed by atoms with E-state index in [-0.39, 0.29) is 21.2 Å². The zero-order valence-electron chi connectivity index (χ0n) is 15.7. The molecule has 146 valence electrons.